The maximum atomic E-state index is 5.00. The van der Waals surface area contributed by atoms with Crippen molar-refractivity contribution in [2.45, 2.75) is 18.4 Å². The standard InChI is InChI=1S/C11H18N2OS/c1-3-12-10-6-4-7-11(13-10)15-9-5-8-14-2/h4,6-7H,3,5,8-9H2,1-2H3,(H,12,13). The fourth-order valence-electron chi connectivity index (χ4n) is 1.15. The lowest BCUT2D eigenvalue weighted by molar-refractivity contribution is 0.200. The van der Waals surface area contributed by atoms with E-state index in [2.05, 4.69) is 17.2 Å². The van der Waals surface area contributed by atoms with E-state index in [1.54, 1.807) is 18.9 Å². The summed E-state index contributed by atoms with van der Waals surface area (Å²) in [5.41, 5.74) is 0. The summed E-state index contributed by atoms with van der Waals surface area (Å²) in [5.74, 6) is 2.01. The van der Waals surface area contributed by atoms with Crippen LogP contribution in [0.3, 0.4) is 0 Å². The summed E-state index contributed by atoms with van der Waals surface area (Å²) in [6, 6.07) is 6.06. The van der Waals surface area contributed by atoms with Crippen molar-refractivity contribution in [3.63, 3.8) is 0 Å². The summed E-state index contributed by atoms with van der Waals surface area (Å²) in [5, 5.41) is 4.27. The average molecular weight is 226 g/mol. The first-order valence-electron chi connectivity index (χ1n) is 5.19. The van der Waals surface area contributed by atoms with Gasteiger partial charge in [-0.15, -0.1) is 11.8 Å². The Hall–Kier alpha value is -0.740. The van der Waals surface area contributed by atoms with E-state index in [1.807, 2.05) is 18.2 Å². The van der Waals surface area contributed by atoms with Gasteiger partial charge in [0.05, 0.1) is 5.03 Å². The third kappa shape index (κ3) is 5.04. The van der Waals surface area contributed by atoms with Gasteiger partial charge in [0.15, 0.2) is 0 Å². The summed E-state index contributed by atoms with van der Waals surface area (Å²) < 4.78 is 5.00. The van der Waals surface area contributed by atoms with Crippen LogP contribution in [0.5, 0.6) is 0 Å². The molecule has 0 radical (unpaired) electrons. The second kappa shape index (κ2) is 7.54. The second-order valence-electron chi connectivity index (χ2n) is 3.09. The smallest absolute Gasteiger partial charge is 0.127 e. The first kappa shape index (κ1) is 12.3. The lowest BCUT2D eigenvalue weighted by Crippen LogP contribution is -1.99. The number of anilines is 1. The molecule has 0 aliphatic carbocycles. The molecule has 0 unspecified atom stereocenters. The number of methoxy groups -OCH3 is 1. The van der Waals surface area contributed by atoms with E-state index in [0.717, 1.165) is 36.2 Å². The predicted octanol–water partition coefficient (Wildman–Crippen LogP) is 2.64. The molecule has 0 amide bonds. The van der Waals surface area contributed by atoms with E-state index in [4.69, 9.17) is 4.74 Å². The zero-order valence-corrected chi connectivity index (χ0v) is 10.1. The van der Waals surface area contributed by atoms with Gasteiger partial charge in [0, 0.05) is 26.0 Å². The third-order valence-corrected chi connectivity index (χ3v) is 2.84. The molecule has 1 heterocycles. The van der Waals surface area contributed by atoms with Crippen LogP contribution >= 0.6 is 11.8 Å². The average Bonchev–Trinajstić information content (AvgIpc) is 2.26. The summed E-state index contributed by atoms with van der Waals surface area (Å²) in [4.78, 5) is 4.47. The molecule has 0 aliphatic rings. The molecule has 1 aromatic rings. The number of rotatable bonds is 7. The van der Waals surface area contributed by atoms with Crippen molar-refractivity contribution in [2.75, 3.05) is 31.3 Å². The Bertz CT molecular complexity index is 281. The van der Waals surface area contributed by atoms with Crippen LogP contribution in [-0.4, -0.2) is 31.0 Å². The van der Waals surface area contributed by atoms with Crippen molar-refractivity contribution >= 4 is 17.6 Å². The normalized spacial score (nSPS) is 10.3. The Morgan fingerprint density at radius 3 is 3.07 bits per heavy atom. The molecular formula is C11H18N2OS. The fourth-order valence-corrected chi connectivity index (χ4v) is 1.96. The number of hydrogen-bond acceptors (Lipinski definition) is 4. The Labute approximate surface area is 95.6 Å². The van der Waals surface area contributed by atoms with Crippen LogP contribution in [0.15, 0.2) is 23.2 Å². The number of hydrogen-bond donors (Lipinski definition) is 1. The highest BCUT2D eigenvalue weighted by Gasteiger charge is 1.97. The van der Waals surface area contributed by atoms with Gasteiger partial charge in [-0.25, -0.2) is 4.98 Å². The van der Waals surface area contributed by atoms with Crippen LogP contribution in [0, 0.1) is 0 Å². The summed E-state index contributed by atoms with van der Waals surface area (Å²) in [6.07, 6.45) is 1.06. The number of nitrogens with zero attached hydrogens (tertiary/aromatic N) is 1. The lowest BCUT2D eigenvalue weighted by Gasteiger charge is -2.04. The second-order valence-corrected chi connectivity index (χ2v) is 4.20. The van der Waals surface area contributed by atoms with Crippen molar-refractivity contribution in [1.29, 1.82) is 0 Å². The minimum absolute atomic E-state index is 0.819. The number of nitrogens with one attached hydrogen (secondary N) is 1. The van der Waals surface area contributed by atoms with Gasteiger partial charge in [0.2, 0.25) is 0 Å². The Balaban J connectivity index is 2.36. The van der Waals surface area contributed by atoms with E-state index < -0.39 is 0 Å². The van der Waals surface area contributed by atoms with E-state index in [-0.39, 0.29) is 0 Å². The van der Waals surface area contributed by atoms with E-state index in [9.17, 15) is 0 Å². The molecule has 3 nitrogen and oxygen atoms in total. The molecule has 84 valence electrons. The number of ether oxygens (including phenoxy) is 1. The maximum Gasteiger partial charge on any atom is 0.127 e. The summed E-state index contributed by atoms with van der Waals surface area (Å²) in [7, 11) is 1.73. The number of aromatic nitrogens is 1. The van der Waals surface area contributed by atoms with Gasteiger partial charge in [-0.3, -0.25) is 0 Å². The molecule has 15 heavy (non-hydrogen) atoms. The number of pyridine rings is 1. The van der Waals surface area contributed by atoms with Crippen LogP contribution in [0.1, 0.15) is 13.3 Å². The van der Waals surface area contributed by atoms with Gasteiger partial charge in [0.25, 0.3) is 0 Å². The molecule has 0 aromatic carbocycles. The largest absolute Gasteiger partial charge is 0.385 e. The van der Waals surface area contributed by atoms with E-state index in [0.29, 0.717) is 0 Å². The molecule has 0 saturated heterocycles. The zero-order chi connectivity index (χ0) is 10.9. The van der Waals surface area contributed by atoms with Crippen molar-refractivity contribution in [2.24, 2.45) is 0 Å². The molecule has 0 aliphatic heterocycles. The zero-order valence-electron chi connectivity index (χ0n) is 9.32. The van der Waals surface area contributed by atoms with Gasteiger partial charge < -0.3 is 10.1 Å². The summed E-state index contributed by atoms with van der Waals surface area (Å²) in [6.45, 7) is 3.80. The predicted molar refractivity (Wildman–Crippen MR) is 65.6 cm³/mol. The van der Waals surface area contributed by atoms with Crippen molar-refractivity contribution in [3.05, 3.63) is 18.2 Å². The first-order chi connectivity index (χ1) is 7.36. The molecule has 0 saturated carbocycles. The van der Waals surface area contributed by atoms with E-state index in [1.165, 1.54) is 0 Å². The maximum absolute atomic E-state index is 5.00. The minimum Gasteiger partial charge on any atom is -0.385 e. The van der Waals surface area contributed by atoms with Crippen molar-refractivity contribution in [3.8, 4) is 0 Å². The van der Waals surface area contributed by atoms with Crippen LogP contribution < -0.4 is 5.32 Å². The molecule has 1 aromatic heterocycles. The first-order valence-corrected chi connectivity index (χ1v) is 6.18. The fraction of sp³-hybridized carbons (Fsp3) is 0.545. The molecule has 0 atom stereocenters. The minimum atomic E-state index is 0.819. The molecule has 0 fully saturated rings. The highest BCUT2D eigenvalue weighted by atomic mass is 32.2. The van der Waals surface area contributed by atoms with Gasteiger partial charge in [-0.1, -0.05) is 6.07 Å². The lowest BCUT2D eigenvalue weighted by atomic mass is 10.4. The van der Waals surface area contributed by atoms with Crippen LogP contribution in [0.25, 0.3) is 0 Å². The number of thioether (sulfide) groups is 1. The van der Waals surface area contributed by atoms with Crippen LogP contribution in [-0.2, 0) is 4.74 Å². The molecule has 1 N–H and O–H groups in total. The quantitative estimate of drug-likeness (QED) is 0.572. The summed E-state index contributed by atoms with van der Waals surface area (Å²) >= 11 is 1.77. The van der Waals surface area contributed by atoms with Crippen molar-refractivity contribution in [1.82, 2.24) is 4.98 Å². The Morgan fingerprint density at radius 2 is 2.33 bits per heavy atom. The van der Waals surface area contributed by atoms with Crippen LogP contribution in [0.2, 0.25) is 0 Å². The van der Waals surface area contributed by atoms with E-state index >= 15 is 0 Å². The highest BCUT2D eigenvalue weighted by Crippen LogP contribution is 2.17. The Kier molecular flexibility index (Phi) is 6.20. The highest BCUT2D eigenvalue weighted by molar-refractivity contribution is 7.99. The van der Waals surface area contributed by atoms with Gasteiger partial charge in [0.1, 0.15) is 5.82 Å². The van der Waals surface area contributed by atoms with Crippen LogP contribution in [0.4, 0.5) is 5.82 Å². The molecule has 0 spiro atoms. The molecular weight excluding hydrogens is 208 g/mol. The third-order valence-electron chi connectivity index (χ3n) is 1.82. The van der Waals surface area contributed by atoms with Crippen molar-refractivity contribution < 1.29 is 4.74 Å². The van der Waals surface area contributed by atoms with Gasteiger partial charge >= 0.3 is 0 Å². The molecule has 0 bridgehead atoms. The topological polar surface area (TPSA) is 34.1 Å². The van der Waals surface area contributed by atoms with Gasteiger partial charge in [-0.2, -0.15) is 0 Å². The molecule has 4 heteroatoms. The monoisotopic (exact) mass is 226 g/mol. The Morgan fingerprint density at radius 1 is 1.47 bits per heavy atom. The molecule has 1 rings (SSSR count). The van der Waals surface area contributed by atoms with Gasteiger partial charge in [-0.05, 0) is 25.5 Å². The SMILES string of the molecule is CCNc1cccc(SCCCOC)n1.